The third kappa shape index (κ3) is 6.88. The molecule has 1 fully saturated rings. The molecule has 0 aliphatic carbocycles. The maximum atomic E-state index is 6.61. The van der Waals surface area contributed by atoms with Crippen LogP contribution in [0.25, 0.3) is 0 Å². The van der Waals surface area contributed by atoms with E-state index in [2.05, 4.69) is 82.3 Å². The predicted molar refractivity (Wildman–Crippen MR) is 127 cm³/mol. The third-order valence-corrected chi connectivity index (χ3v) is 10.3. The van der Waals surface area contributed by atoms with Crippen LogP contribution in [0.2, 0.25) is 18.1 Å². The number of aryl methyl sites for hydroxylation is 1. The lowest BCUT2D eigenvalue weighted by molar-refractivity contribution is 0.177. The first-order chi connectivity index (χ1) is 11.1. The Bertz CT molecular complexity index is 549. The molecule has 0 aromatic heterocycles. The number of benzene rings is 1. The van der Waals surface area contributed by atoms with Crippen LogP contribution in [-0.2, 0) is 4.43 Å². The van der Waals surface area contributed by atoms with Gasteiger partial charge in [-0.1, -0.05) is 50.6 Å². The lowest BCUT2D eigenvalue weighted by Crippen LogP contribution is -2.44. The van der Waals surface area contributed by atoms with Gasteiger partial charge in [0.15, 0.2) is 8.32 Å². The zero-order valence-electron chi connectivity index (χ0n) is 17.6. The van der Waals surface area contributed by atoms with E-state index in [-0.39, 0.29) is 32.0 Å². The molecule has 2 rings (SSSR count). The molecule has 1 saturated heterocycles. The summed E-state index contributed by atoms with van der Waals surface area (Å²) in [5.74, 6) is 0. The fraction of sp³-hybridized carbons (Fsp3) is 0.700. The SMILES string of the molecule is CN[C@H](CN1CC[C@@H](O[Si](C)(C)C(C)(C)C)C1)c1cccc(C)c1.S.S. The second kappa shape index (κ2) is 10.5. The van der Waals surface area contributed by atoms with Gasteiger partial charge in [-0.3, -0.25) is 4.90 Å². The Kier molecular flexibility index (Phi) is 10.5. The minimum Gasteiger partial charge on any atom is -0.413 e. The number of likely N-dealkylation sites (tertiary alicyclic amines) is 1. The van der Waals surface area contributed by atoms with Crippen molar-refractivity contribution in [3.05, 3.63) is 35.4 Å². The largest absolute Gasteiger partial charge is 0.413 e. The van der Waals surface area contributed by atoms with Crippen molar-refractivity contribution in [3.8, 4) is 0 Å². The van der Waals surface area contributed by atoms with Crippen molar-refractivity contribution in [1.29, 1.82) is 0 Å². The molecule has 3 nitrogen and oxygen atoms in total. The Balaban J connectivity index is 0.00000312. The summed E-state index contributed by atoms with van der Waals surface area (Å²) < 4.78 is 6.61. The topological polar surface area (TPSA) is 24.5 Å². The Morgan fingerprint density at radius 3 is 2.46 bits per heavy atom. The highest BCUT2D eigenvalue weighted by Gasteiger charge is 2.40. The van der Waals surface area contributed by atoms with Crippen molar-refractivity contribution in [2.75, 3.05) is 26.7 Å². The molecule has 1 aliphatic heterocycles. The van der Waals surface area contributed by atoms with Crippen molar-refractivity contribution in [1.82, 2.24) is 10.2 Å². The Labute approximate surface area is 176 Å². The number of nitrogens with one attached hydrogen (secondary N) is 1. The normalized spacial score (nSPS) is 19.6. The van der Waals surface area contributed by atoms with Crippen LogP contribution in [0.4, 0.5) is 0 Å². The van der Waals surface area contributed by atoms with Crippen LogP contribution in [0.1, 0.15) is 44.4 Å². The van der Waals surface area contributed by atoms with Crippen LogP contribution >= 0.6 is 27.0 Å². The first-order valence-corrected chi connectivity index (χ1v) is 12.2. The molecule has 1 N–H and O–H groups in total. The van der Waals surface area contributed by atoms with Crippen LogP contribution < -0.4 is 5.32 Å². The number of nitrogens with zero attached hydrogens (tertiary/aromatic N) is 1. The van der Waals surface area contributed by atoms with Crippen LogP contribution in [0.15, 0.2) is 24.3 Å². The van der Waals surface area contributed by atoms with E-state index in [1.54, 1.807) is 0 Å². The smallest absolute Gasteiger partial charge is 0.192 e. The van der Waals surface area contributed by atoms with Crippen molar-refractivity contribution in [2.45, 2.75) is 64.4 Å². The summed E-state index contributed by atoms with van der Waals surface area (Å²) in [6, 6.07) is 9.23. The van der Waals surface area contributed by atoms with E-state index in [9.17, 15) is 0 Å². The van der Waals surface area contributed by atoms with Gasteiger partial charge in [-0.15, -0.1) is 0 Å². The van der Waals surface area contributed by atoms with Gasteiger partial charge in [-0.25, -0.2) is 0 Å². The quantitative estimate of drug-likeness (QED) is 0.687. The molecule has 0 amide bonds. The molecule has 6 heteroatoms. The first kappa shape index (κ1) is 26.0. The summed E-state index contributed by atoms with van der Waals surface area (Å²) >= 11 is 0. The molecule has 0 bridgehead atoms. The molecule has 0 unspecified atom stereocenters. The van der Waals surface area contributed by atoms with E-state index in [1.807, 2.05) is 0 Å². The molecule has 152 valence electrons. The Morgan fingerprint density at radius 2 is 1.92 bits per heavy atom. The van der Waals surface area contributed by atoms with E-state index >= 15 is 0 Å². The van der Waals surface area contributed by atoms with Gasteiger partial charge in [0.05, 0.1) is 6.10 Å². The molecular formula is C20H40N2OS2Si. The van der Waals surface area contributed by atoms with E-state index < -0.39 is 8.32 Å². The number of hydrogen-bond acceptors (Lipinski definition) is 3. The van der Waals surface area contributed by atoms with Gasteiger partial charge in [0, 0.05) is 25.7 Å². The summed E-state index contributed by atoms with van der Waals surface area (Å²) in [5, 5.41) is 3.77. The van der Waals surface area contributed by atoms with Crippen LogP contribution in [0.3, 0.4) is 0 Å². The average molecular weight is 417 g/mol. The van der Waals surface area contributed by atoms with Gasteiger partial charge in [0.25, 0.3) is 0 Å². The van der Waals surface area contributed by atoms with Gasteiger partial charge < -0.3 is 9.74 Å². The minimum absolute atomic E-state index is 0. The zero-order chi connectivity index (χ0) is 18.0. The summed E-state index contributed by atoms with van der Waals surface area (Å²) in [5.41, 5.74) is 2.71. The highest BCUT2D eigenvalue weighted by atomic mass is 32.1. The first-order valence-electron chi connectivity index (χ1n) is 9.26. The summed E-state index contributed by atoms with van der Waals surface area (Å²) in [6.07, 6.45) is 1.57. The van der Waals surface area contributed by atoms with Gasteiger partial charge in [-0.05, 0) is 44.1 Å². The molecule has 0 saturated carbocycles. The molecule has 0 radical (unpaired) electrons. The lowest BCUT2D eigenvalue weighted by Gasteiger charge is -2.38. The van der Waals surface area contributed by atoms with Crippen molar-refractivity contribution in [2.24, 2.45) is 0 Å². The maximum Gasteiger partial charge on any atom is 0.192 e. The van der Waals surface area contributed by atoms with E-state index in [0.29, 0.717) is 12.1 Å². The van der Waals surface area contributed by atoms with E-state index in [1.165, 1.54) is 11.1 Å². The summed E-state index contributed by atoms with van der Waals surface area (Å²) in [6.45, 7) is 17.1. The molecule has 1 aromatic rings. The van der Waals surface area contributed by atoms with Crippen LogP contribution in [0, 0.1) is 6.92 Å². The van der Waals surface area contributed by atoms with Crippen LogP contribution in [-0.4, -0.2) is 46.0 Å². The fourth-order valence-corrected chi connectivity index (χ4v) is 4.54. The second-order valence-corrected chi connectivity index (χ2v) is 13.6. The molecule has 26 heavy (non-hydrogen) atoms. The van der Waals surface area contributed by atoms with Gasteiger partial charge in [0.1, 0.15) is 0 Å². The van der Waals surface area contributed by atoms with Gasteiger partial charge in [-0.2, -0.15) is 27.0 Å². The maximum absolute atomic E-state index is 6.61. The van der Waals surface area contributed by atoms with Crippen LogP contribution in [0.5, 0.6) is 0 Å². The van der Waals surface area contributed by atoms with E-state index in [0.717, 1.165) is 26.1 Å². The standard InChI is InChI=1S/C20H36N2OSi.2H2S/c1-16-9-8-10-17(13-16)19(21-5)15-22-12-11-18(14-22)23-24(6,7)20(2,3)4;;/h8-10,13,18-19,21H,11-12,14-15H2,1-7H3;2*1H2/t18-,19-;;/m1../s1. The number of rotatable bonds is 6. The van der Waals surface area contributed by atoms with Gasteiger partial charge >= 0.3 is 0 Å². The fourth-order valence-electron chi connectivity index (χ4n) is 3.16. The second-order valence-electron chi connectivity index (χ2n) is 8.80. The zero-order valence-corrected chi connectivity index (χ0v) is 20.6. The highest BCUT2D eigenvalue weighted by Crippen LogP contribution is 2.38. The lowest BCUT2D eigenvalue weighted by atomic mass is 10.0. The molecular weight excluding hydrogens is 376 g/mol. The minimum atomic E-state index is -1.66. The molecule has 0 spiro atoms. The highest BCUT2D eigenvalue weighted by molar-refractivity contribution is 7.59. The third-order valence-electron chi connectivity index (χ3n) is 5.73. The molecule has 2 atom stereocenters. The van der Waals surface area contributed by atoms with Crippen molar-refractivity contribution >= 4 is 35.3 Å². The van der Waals surface area contributed by atoms with Gasteiger partial charge in [0.2, 0.25) is 0 Å². The number of likely N-dealkylation sites (N-methyl/N-ethyl adjacent to an activating group) is 1. The molecule has 1 heterocycles. The van der Waals surface area contributed by atoms with Crippen molar-refractivity contribution in [3.63, 3.8) is 0 Å². The Morgan fingerprint density at radius 1 is 1.27 bits per heavy atom. The number of hydrogen-bond donors (Lipinski definition) is 1. The summed E-state index contributed by atoms with van der Waals surface area (Å²) in [7, 11) is 0.401. The molecule has 1 aromatic carbocycles. The monoisotopic (exact) mass is 416 g/mol. The molecule has 1 aliphatic rings. The predicted octanol–water partition coefficient (Wildman–Crippen LogP) is 4.58. The van der Waals surface area contributed by atoms with E-state index in [4.69, 9.17) is 4.43 Å². The Hall–Kier alpha value is 0.0169. The summed E-state index contributed by atoms with van der Waals surface area (Å²) in [4.78, 5) is 2.56. The van der Waals surface area contributed by atoms with Crippen molar-refractivity contribution < 1.29 is 4.43 Å². The average Bonchev–Trinajstić information content (AvgIpc) is 2.90.